The van der Waals surface area contributed by atoms with Gasteiger partial charge in [0.25, 0.3) is 5.91 Å². The largest absolute Gasteiger partial charge is 0.488 e. The molecule has 1 amide bonds. The van der Waals surface area contributed by atoms with Crippen LogP contribution in [0.15, 0.2) is 48.5 Å². The van der Waals surface area contributed by atoms with Gasteiger partial charge < -0.3 is 19.5 Å². The summed E-state index contributed by atoms with van der Waals surface area (Å²) in [5.74, 6) is 0.870. The number of hydrogen-bond donors (Lipinski definition) is 1. The van der Waals surface area contributed by atoms with Crippen LogP contribution in [0.3, 0.4) is 0 Å². The first kappa shape index (κ1) is 22.3. The third kappa shape index (κ3) is 4.80. The van der Waals surface area contributed by atoms with Crippen molar-refractivity contribution in [1.29, 1.82) is 0 Å². The molecule has 2 fully saturated rings. The van der Waals surface area contributed by atoms with Crippen LogP contribution in [-0.2, 0) is 11.2 Å². The number of hydrogen-bond acceptors (Lipinski definition) is 5. The number of aliphatic hydroxyl groups excluding tert-OH is 1. The standard InChI is InChI=1S/C26H31NO5/c1-3-4-17-5-7-18(8-6-17)25(29)27-15-20-13-23(28)24(14-21(20)16-27)32-22-11-9-19(10-12-22)26(30)31-2/h5-12,20-21,23-24,28H,3-4,13-16H2,1-2H3/t20-,21+,23-,24-/m0/s1. The summed E-state index contributed by atoms with van der Waals surface area (Å²) in [4.78, 5) is 26.5. The second kappa shape index (κ2) is 9.74. The number of esters is 1. The van der Waals surface area contributed by atoms with E-state index in [4.69, 9.17) is 9.47 Å². The third-order valence-corrected chi connectivity index (χ3v) is 6.67. The minimum Gasteiger partial charge on any atom is -0.488 e. The minimum absolute atomic E-state index is 0.0628. The number of benzene rings is 2. The summed E-state index contributed by atoms with van der Waals surface area (Å²) in [6.45, 7) is 3.51. The van der Waals surface area contributed by atoms with E-state index in [2.05, 4.69) is 6.92 Å². The van der Waals surface area contributed by atoms with E-state index >= 15 is 0 Å². The average molecular weight is 438 g/mol. The second-order valence-corrected chi connectivity index (χ2v) is 8.89. The Morgan fingerprint density at radius 1 is 0.969 bits per heavy atom. The molecule has 32 heavy (non-hydrogen) atoms. The highest BCUT2D eigenvalue weighted by molar-refractivity contribution is 5.94. The van der Waals surface area contributed by atoms with Crippen LogP contribution in [-0.4, -0.2) is 54.3 Å². The first-order valence-corrected chi connectivity index (χ1v) is 11.4. The Morgan fingerprint density at radius 3 is 2.22 bits per heavy atom. The van der Waals surface area contributed by atoms with Gasteiger partial charge in [-0.25, -0.2) is 4.79 Å². The van der Waals surface area contributed by atoms with Crippen molar-refractivity contribution < 1.29 is 24.2 Å². The molecule has 0 spiro atoms. The van der Waals surface area contributed by atoms with Gasteiger partial charge in [0.1, 0.15) is 11.9 Å². The van der Waals surface area contributed by atoms with Gasteiger partial charge >= 0.3 is 5.97 Å². The number of ether oxygens (including phenoxy) is 2. The van der Waals surface area contributed by atoms with Crippen molar-refractivity contribution in [3.05, 3.63) is 65.2 Å². The monoisotopic (exact) mass is 437 g/mol. The van der Waals surface area contributed by atoms with Crippen LogP contribution in [0.5, 0.6) is 5.75 Å². The van der Waals surface area contributed by atoms with Gasteiger partial charge in [-0.1, -0.05) is 25.5 Å². The molecule has 0 unspecified atom stereocenters. The van der Waals surface area contributed by atoms with Gasteiger partial charge in [0.05, 0.1) is 18.8 Å². The highest BCUT2D eigenvalue weighted by Crippen LogP contribution is 2.38. The van der Waals surface area contributed by atoms with Crippen molar-refractivity contribution >= 4 is 11.9 Å². The number of carbonyl (C=O) groups is 2. The zero-order valence-corrected chi connectivity index (χ0v) is 18.7. The molecule has 4 rings (SSSR count). The van der Waals surface area contributed by atoms with E-state index in [1.54, 1.807) is 24.3 Å². The lowest BCUT2D eigenvalue weighted by molar-refractivity contribution is -0.0231. The fraction of sp³-hybridized carbons (Fsp3) is 0.462. The first-order valence-electron chi connectivity index (χ1n) is 11.4. The Bertz CT molecular complexity index is 940. The summed E-state index contributed by atoms with van der Waals surface area (Å²) < 4.78 is 10.8. The maximum atomic E-state index is 13.0. The van der Waals surface area contributed by atoms with Crippen LogP contribution >= 0.6 is 0 Å². The molecule has 1 aliphatic carbocycles. The zero-order chi connectivity index (χ0) is 22.7. The Labute approximate surface area is 189 Å². The molecule has 1 saturated carbocycles. The van der Waals surface area contributed by atoms with Crippen molar-refractivity contribution in [2.75, 3.05) is 20.2 Å². The lowest BCUT2D eigenvalue weighted by atomic mass is 9.78. The normalized spacial score (nSPS) is 24.7. The molecule has 6 nitrogen and oxygen atoms in total. The molecule has 6 heteroatoms. The summed E-state index contributed by atoms with van der Waals surface area (Å²) >= 11 is 0. The number of methoxy groups -OCH3 is 1. The maximum Gasteiger partial charge on any atom is 0.337 e. The van der Waals surface area contributed by atoms with E-state index in [-0.39, 0.29) is 17.9 Å². The SMILES string of the molecule is CCCc1ccc(C(=O)N2C[C@H]3C[C@H](Oc4ccc(C(=O)OC)cc4)[C@@H](O)C[C@H]3C2)cc1. The number of rotatable bonds is 6. The number of aryl methyl sites for hydroxylation is 1. The number of aliphatic hydroxyl groups is 1. The number of fused-ring (bicyclic) bond motifs is 1. The van der Waals surface area contributed by atoms with Crippen molar-refractivity contribution in [3.8, 4) is 5.75 Å². The number of amides is 1. The number of likely N-dealkylation sites (tertiary alicyclic amines) is 1. The third-order valence-electron chi connectivity index (χ3n) is 6.67. The molecule has 0 radical (unpaired) electrons. The minimum atomic E-state index is -0.583. The van der Waals surface area contributed by atoms with Crippen LogP contribution in [0.1, 0.15) is 52.5 Å². The predicted octanol–water partition coefficient (Wildman–Crippen LogP) is 3.72. The van der Waals surface area contributed by atoms with Gasteiger partial charge in [0, 0.05) is 18.7 Å². The van der Waals surface area contributed by atoms with Gasteiger partial charge in [-0.3, -0.25) is 4.79 Å². The van der Waals surface area contributed by atoms with Crippen LogP contribution in [0.4, 0.5) is 0 Å². The van der Waals surface area contributed by atoms with E-state index < -0.39 is 12.1 Å². The van der Waals surface area contributed by atoms with Gasteiger partial charge in [-0.2, -0.15) is 0 Å². The van der Waals surface area contributed by atoms with E-state index in [0.717, 1.165) is 18.4 Å². The van der Waals surface area contributed by atoms with Crippen molar-refractivity contribution in [3.63, 3.8) is 0 Å². The van der Waals surface area contributed by atoms with E-state index in [1.807, 2.05) is 29.2 Å². The van der Waals surface area contributed by atoms with Crippen LogP contribution in [0.2, 0.25) is 0 Å². The highest BCUT2D eigenvalue weighted by Gasteiger charge is 2.44. The fourth-order valence-corrected chi connectivity index (χ4v) is 4.93. The summed E-state index contributed by atoms with van der Waals surface area (Å²) in [6.07, 6.45) is 2.51. The molecule has 2 aliphatic rings. The average Bonchev–Trinajstić information content (AvgIpc) is 3.22. The fourth-order valence-electron chi connectivity index (χ4n) is 4.93. The van der Waals surface area contributed by atoms with Crippen LogP contribution in [0.25, 0.3) is 0 Å². The summed E-state index contributed by atoms with van der Waals surface area (Å²) in [5.41, 5.74) is 2.43. The van der Waals surface area contributed by atoms with Crippen molar-refractivity contribution in [2.45, 2.75) is 44.8 Å². The number of carbonyl (C=O) groups excluding carboxylic acids is 2. The Hall–Kier alpha value is -2.86. The molecule has 1 N–H and O–H groups in total. The topological polar surface area (TPSA) is 76.1 Å². The molecule has 0 aromatic heterocycles. The molecule has 2 aromatic rings. The van der Waals surface area contributed by atoms with Gasteiger partial charge in [-0.15, -0.1) is 0 Å². The van der Waals surface area contributed by atoms with Crippen molar-refractivity contribution in [1.82, 2.24) is 4.90 Å². The molecule has 170 valence electrons. The zero-order valence-electron chi connectivity index (χ0n) is 18.7. The maximum absolute atomic E-state index is 13.0. The smallest absolute Gasteiger partial charge is 0.337 e. The quantitative estimate of drug-likeness (QED) is 0.697. The molecule has 0 bridgehead atoms. The summed E-state index contributed by atoms with van der Waals surface area (Å²) in [6, 6.07) is 14.7. The molecule has 1 aliphatic heterocycles. The first-order chi connectivity index (χ1) is 15.5. The lowest BCUT2D eigenvalue weighted by Gasteiger charge is -2.35. The molecule has 2 aromatic carbocycles. The van der Waals surface area contributed by atoms with Crippen LogP contribution in [0, 0.1) is 11.8 Å². The molecular weight excluding hydrogens is 406 g/mol. The molecule has 4 atom stereocenters. The Kier molecular flexibility index (Phi) is 6.80. The van der Waals surface area contributed by atoms with Gasteiger partial charge in [0.15, 0.2) is 0 Å². The van der Waals surface area contributed by atoms with Gasteiger partial charge in [0.2, 0.25) is 0 Å². The van der Waals surface area contributed by atoms with Gasteiger partial charge in [-0.05, 0) is 73.1 Å². The van der Waals surface area contributed by atoms with Crippen LogP contribution < -0.4 is 4.74 Å². The highest BCUT2D eigenvalue weighted by atomic mass is 16.5. The summed E-state index contributed by atoms with van der Waals surface area (Å²) in [5, 5.41) is 10.7. The van der Waals surface area contributed by atoms with E-state index in [9.17, 15) is 14.7 Å². The molecular formula is C26H31NO5. The van der Waals surface area contributed by atoms with E-state index in [0.29, 0.717) is 43.2 Å². The Morgan fingerprint density at radius 2 is 1.59 bits per heavy atom. The molecule has 1 saturated heterocycles. The van der Waals surface area contributed by atoms with Crippen molar-refractivity contribution in [2.24, 2.45) is 11.8 Å². The summed E-state index contributed by atoms with van der Waals surface area (Å²) in [7, 11) is 1.35. The molecule has 1 heterocycles. The Balaban J connectivity index is 1.37. The predicted molar refractivity (Wildman–Crippen MR) is 121 cm³/mol. The number of nitrogens with zero attached hydrogens (tertiary/aromatic N) is 1. The van der Waals surface area contributed by atoms with E-state index in [1.165, 1.54) is 12.7 Å². The lowest BCUT2D eigenvalue weighted by Crippen LogP contribution is -2.42. The second-order valence-electron chi connectivity index (χ2n) is 8.89.